The number of carbonyl (C=O) groups is 3. The molecule has 2 atom stereocenters. The first-order chi connectivity index (χ1) is 16.1. The molecular formula is C26H34N4O5. The fraction of sp³-hybridized carbons (Fsp3) is 0.346. The highest BCUT2D eigenvalue weighted by Gasteiger charge is 2.25. The first-order valence-corrected chi connectivity index (χ1v) is 10.8. The van der Waals surface area contributed by atoms with Crippen LogP contribution in [-0.2, 0) is 9.59 Å². The smallest absolute Gasteiger partial charge is 0.268 e. The Hall–Kier alpha value is -3.71. The van der Waals surface area contributed by atoms with Crippen LogP contribution in [0.3, 0.4) is 0 Å². The Kier molecular flexibility index (Phi) is 11.6. The van der Waals surface area contributed by atoms with Crippen molar-refractivity contribution in [1.82, 2.24) is 15.7 Å². The summed E-state index contributed by atoms with van der Waals surface area (Å²) in [5.41, 5.74) is 3.80. The van der Waals surface area contributed by atoms with E-state index in [0.717, 1.165) is 5.56 Å². The molecule has 0 saturated carbocycles. The molecule has 0 aliphatic carbocycles. The normalized spacial score (nSPS) is 12.0. The lowest BCUT2D eigenvalue weighted by atomic mass is 10.1. The van der Waals surface area contributed by atoms with E-state index in [1.54, 1.807) is 48.5 Å². The van der Waals surface area contributed by atoms with Crippen LogP contribution in [0, 0.1) is 11.8 Å². The van der Waals surface area contributed by atoms with Crippen molar-refractivity contribution in [1.29, 1.82) is 0 Å². The highest BCUT2D eigenvalue weighted by Crippen LogP contribution is 2.10. The summed E-state index contributed by atoms with van der Waals surface area (Å²) in [7, 11) is 1.89. The fourth-order valence-electron chi connectivity index (χ4n) is 2.80. The number of anilines is 1. The van der Waals surface area contributed by atoms with E-state index in [1.807, 2.05) is 25.8 Å². The number of hydrogen-bond donors (Lipinski definition) is 5. The standard InChI is InChI=1S/C25H30N4O5.CH4/c1-16(2)29(4)15-22(31)26-21-13-9-19(10-14-21)6-5-18-7-11-20(12-8-18)24(32)27-23(17(3)30)25(33)28-34;/h7-14,16-17,23,30,34H,15H2,1-4H3,(H,26,31)(H,27,32)(H,28,33);1H4/t17-,23+;/m1./s1. The molecule has 9 nitrogen and oxygen atoms in total. The molecular weight excluding hydrogens is 448 g/mol. The van der Waals surface area contributed by atoms with Crippen molar-refractivity contribution < 1.29 is 24.7 Å². The second-order valence-corrected chi connectivity index (χ2v) is 8.13. The van der Waals surface area contributed by atoms with Gasteiger partial charge in [-0.25, -0.2) is 5.48 Å². The van der Waals surface area contributed by atoms with Gasteiger partial charge in [0, 0.05) is 28.4 Å². The molecule has 0 saturated heterocycles. The summed E-state index contributed by atoms with van der Waals surface area (Å²) in [6.07, 6.45) is -1.19. The maximum absolute atomic E-state index is 12.3. The molecule has 188 valence electrons. The lowest BCUT2D eigenvalue weighted by molar-refractivity contribution is -0.133. The van der Waals surface area contributed by atoms with Crippen LogP contribution in [0.4, 0.5) is 5.69 Å². The lowest BCUT2D eigenvalue weighted by Crippen LogP contribution is -2.51. The molecule has 0 aliphatic rings. The lowest BCUT2D eigenvalue weighted by Gasteiger charge is -2.20. The number of hydrogen-bond acceptors (Lipinski definition) is 6. The van der Waals surface area contributed by atoms with E-state index < -0.39 is 24.0 Å². The Balaban J connectivity index is 0.00000612. The summed E-state index contributed by atoms with van der Waals surface area (Å²) in [4.78, 5) is 37.9. The van der Waals surface area contributed by atoms with E-state index >= 15 is 0 Å². The highest BCUT2D eigenvalue weighted by atomic mass is 16.5. The summed E-state index contributed by atoms with van der Waals surface area (Å²) in [6, 6.07) is 12.6. The number of amides is 3. The Morgan fingerprint density at radius 3 is 1.91 bits per heavy atom. The van der Waals surface area contributed by atoms with Crippen LogP contribution in [0.1, 0.15) is 49.7 Å². The zero-order chi connectivity index (χ0) is 25.3. The van der Waals surface area contributed by atoms with Gasteiger partial charge < -0.3 is 15.7 Å². The van der Waals surface area contributed by atoms with Crippen molar-refractivity contribution >= 4 is 23.4 Å². The van der Waals surface area contributed by atoms with Crippen molar-refractivity contribution in [3.63, 3.8) is 0 Å². The Morgan fingerprint density at radius 2 is 1.46 bits per heavy atom. The minimum Gasteiger partial charge on any atom is -0.391 e. The number of benzene rings is 2. The summed E-state index contributed by atoms with van der Waals surface area (Å²) < 4.78 is 0. The van der Waals surface area contributed by atoms with Crippen molar-refractivity contribution in [3.05, 3.63) is 65.2 Å². The predicted molar refractivity (Wildman–Crippen MR) is 135 cm³/mol. The molecule has 0 aliphatic heterocycles. The van der Waals surface area contributed by atoms with Gasteiger partial charge in [0.15, 0.2) is 0 Å². The van der Waals surface area contributed by atoms with Crippen LogP contribution < -0.4 is 16.1 Å². The maximum atomic E-state index is 12.3. The molecule has 0 heterocycles. The van der Waals surface area contributed by atoms with Crippen LogP contribution in [0.25, 0.3) is 0 Å². The molecule has 2 aromatic carbocycles. The van der Waals surface area contributed by atoms with Crippen molar-refractivity contribution in [2.24, 2.45) is 0 Å². The van der Waals surface area contributed by atoms with Gasteiger partial charge in [-0.1, -0.05) is 19.3 Å². The molecule has 0 unspecified atom stereocenters. The Bertz CT molecular complexity index is 1050. The van der Waals surface area contributed by atoms with Gasteiger partial charge in [0.05, 0.1) is 12.6 Å². The molecule has 0 radical (unpaired) electrons. The minimum atomic E-state index is -1.29. The van der Waals surface area contributed by atoms with Crippen molar-refractivity contribution in [2.45, 2.75) is 46.4 Å². The molecule has 3 amide bonds. The summed E-state index contributed by atoms with van der Waals surface area (Å²) >= 11 is 0. The number of rotatable bonds is 8. The molecule has 0 spiro atoms. The third-order valence-corrected chi connectivity index (χ3v) is 5.10. The number of nitrogens with zero attached hydrogens (tertiary/aromatic N) is 1. The van der Waals surface area contributed by atoms with Gasteiger partial charge in [0.25, 0.3) is 11.8 Å². The van der Waals surface area contributed by atoms with E-state index in [0.29, 0.717) is 17.8 Å². The van der Waals surface area contributed by atoms with Crippen LogP contribution in [-0.4, -0.2) is 64.7 Å². The highest BCUT2D eigenvalue weighted by molar-refractivity contribution is 5.97. The van der Waals surface area contributed by atoms with Crippen LogP contribution in [0.5, 0.6) is 0 Å². The van der Waals surface area contributed by atoms with Crippen molar-refractivity contribution in [3.8, 4) is 11.8 Å². The Morgan fingerprint density at radius 1 is 0.943 bits per heavy atom. The van der Waals surface area contributed by atoms with Gasteiger partial charge in [-0.15, -0.1) is 0 Å². The monoisotopic (exact) mass is 482 g/mol. The van der Waals surface area contributed by atoms with E-state index in [2.05, 4.69) is 22.5 Å². The van der Waals surface area contributed by atoms with Gasteiger partial charge in [-0.2, -0.15) is 0 Å². The second-order valence-electron chi connectivity index (χ2n) is 8.13. The molecule has 0 aromatic heterocycles. The quantitative estimate of drug-likeness (QED) is 0.222. The van der Waals surface area contributed by atoms with Gasteiger partial charge >= 0.3 is 0 Å². The number of hydroxylamine groups is 1. The molecule has 35 heavy (non-hydrogen) atoms. The van der Waals surface area contributed by atoms with E-state index in [9.17, 15) is 19.5 Å². The van der Waals surface area contributed by atoms with Crippen LogP contribution in [0.15, 0.2) is 48.5 Å². The van der Waals surface area contributed by atoms with Crippen molar-refractivity contribution in [2.75, 3.05) is 18.9 Å². The zero-order valence-electron chi connectivity index (χ0n) is 19.6. The van der Waals surface area contributed by atoms with Crippen LogP contribution >= 0.6 is 0 Å². The SMILES string of the molecule is C.CC(C)N(C)CC(=O)Nc1ccc(C#Cc2ccc(C(=O)N[C@H](C(=O)NO)[C@@H](C)O)cc2)cc1. The Labute approximate surface area is 206 Å². The van der Waals surface area contributed by atoms with E-state index in [4.69, 9.17) is 5.21 Å². The van der Waals surface area contributed by atoms with E-state index in [-0.39, 0.29) is 24.9 Å². The van der Waals surface area contributed by atoms with Crippen LogP contribution in [0.2, 0.25) is 0 Å². The van der Waals surface area contributed by atoms with Gasteiger partial charge in [0.1, 0.15) is 6.04 Å². The first-order valence-electron chi connectivity index (χ1n) is 10.8. The number of aliphatic hydroxyl groups excluding tert-OH is 1. The van der Waals surface area contributed by atoms with Gasteiger partial charge in [0.2, 0.25) is 5.91 Å². The van der Waals surface area contributed by atoms with E-state index in [1.165, 1.54) is 12.4 Å². The average molecular weight is 483 g/mol. The number of nitrogens with one attached hydrogen (secondary N) is 3. The molecule has 0 bridgehead atoms. The number of likely N-dealkylation sites (N-methyl/N-ethyl adjacent to an activating group) is 1. The summed E-state index contributed by atoms with van der Waals surface area (Å²) in [5.74, 6) is 4.44. The average Bonchev–Trinajstić information content (AvgIpc) is 2.81. The third-order valence-electron chi connectivity index (χ3n) is 5.10. The molecule has 9 heteroatoms. The molecule has 5 N–H and O–H groups in total. The summed E-state index contributed by atoms with van der Waals surface area (Å²) in [5, 5.41) is 23.6. The predicted octanol–water partition coefficient (Wildman–Crippen LogP) is 1.99. The van der Waals surface area contributed by atoms with Gasteiger partial charge in [-0.05, 0) is 76.3 Å². The maximum Gasteiger partial charge on any atom is 0.268 e. The number of carbonyl (C=O) groups excluding carboxylic acids is 3. The molecule has 2 rings (SSSR count). The second kappa shape index (κ2) is 13.9. The number of aliphatic hydroxyl groups is 1. The largest absolute Gasteiger partial charge is 0.391 e. The zero-order valence-corrected chi connectivity index (χ0v) is 19.6. The summed E-state index contributed by atoms with van der Waals surface area (Å²) in [6.45, 7) is 5.68. The topological polar surface area (TPSA) is 131 Å². The molecule has 0 fully saturated rings. The third kappa shape index (κ3) is 9.22. The van der Waals surface area contributed by atoms with Gasteiger partial charge in [-0.3, -0.25) is 24.5 Å². The molecule has 2 aromatic rings. The first kappa shape index (κ1) is 29.3. The minimum absolute atomic E-state index is 0. The fourth-order valence-corrected chi connectivity index (χ4v) is 2.80.